The normalized spacial score (nSPS) is 17.0. The highest BCUT2D eigenvalue weighted by Gasteiger charge is 2.16. The standard InChI is InChI=1S/C11H14ClN/c12-11-4-2-1-3-10(11)6-5-9-7-13-8-9/h1-4,9,13H,5-8H2. The number of halogens is 1. The summed E-state index contributed by atoms with van der Waals surface area (Å²) in [6, 6.07) is 8.13. The van der Waals surface area contributed by atoms with Gasteiger partial charge in [0.1, 0.15) is 0 Å². The largest absolute Gasteiger partial charge is 0.316 e. The van der Waals surface area contributed by atoms with Crippen LogP contribution in [0.2, 0.25) is 5.02 Å². The van der Waals surface area contributed by atoms with E-state index in [1.807, 2.05) is 12.1 Å². The minimum absolute atomic E-state index is 0.872. The van der Waals surface area contributed by atoms with Crippen LogP contribution in [-0.2, 0) is 6.42 Å². The van der Waals surface area contributed by atoms with Crippen molar-refractivity contribution in [3.05, 3.63) is 34.9 Å². The first-order chi connectivity index (χ1) is 6.36. The molecule has 0 radical (unpaired) electrons. The summed E-state index contributed by atoms with van der Waals surface area (Å²) in [4.78, 5) is 0. The number of hydrogen-bond donors (Lipinski definition) is 1. The molecule has 2 rings (SSSR count). The molecule has 0 aliphatic carbocycles. The second kappa shape index (κ2) is 4.12. The van der Waals surface area contributed by atoms with Gasteiger partial charge in [-0.2, -0.15) is 0 Å². The average molecular weight is 196 g/mol. The van der Waals surface area contributed by atoms with Crippen molar-refractivity contribution in [2.45, 2.75) is 12.8 Å². The molecule has 0 amide bonds. The van der Waals surface area contributed by atoms with Crippen LogP contribution in [0.3, 0.4) is 0 Å². The van der Waals surface area contributed by atoms with Crippen LogP contribution in [-0.4, -0.2) is 13.1 Å². The highest BCUT2D eigenvalue weighted by Crippen LogP contribution is 2.19. The predicted molar refractivity (Wildman–Crippen MR) is 56.1 cm³/mol. The minimum Gasteiger partial charge on any atom is -0.316 e. The third kappa shape index (κ3) is 2.23. The fourth-order valence-corrected chi connectivity index (χ4v) is 1.84. The van der Waals surface area contributed by atoms with Crippen LogP contribution in [0.15, 0.2) is 24.3 Å². The molecular weight excluding hydrogens is 182 g/mol. The van der Waals surface area contributed by atoms with Crippen molar-refractivity contribution in [3.8, 4) is 0 Å². The Hall–Kier alpha value is -0.530. The molecule has 70 valence electrons. The van der Waals surface area contributed by atoms with Crippen LogP contribution in [0.1, 0.15) is 12.0 Å². The Morgan fingerprint density at radius 1 is 1.31 bits per heavy atom. The van der Waals surface area contributed by atoms with E-state index in [1.54, 1.807) is 0 Å². The summed E-state index contributed by atoms with van der Waals surface area (Å²) < 4.78 is 0. The van der Waals surface area contributed by atoms with E-state index < -0.39 is 0 Å². The summed E-state index contributed by atoms with van der Waals surface area (Å²) in [6.07, 6.45) is 2.38. The number of rotatable bonds is 3. The van der Waals surface area contributed by atoms with Gasteiger partial charge in [0.15, 0.2) is 0 Å². The maximum absolute atomic E-state index is 6.05. The van der Waals surface area contributed by atoms with Gasteiger partial charge in [-0.15, -0.1) is 0 Å². The van der Waals surface area contributed by atoms with Crippen LogP contribution < -0.4 is 5.32 Å². The first-order valence-electron chi connectivity index (χ1n) is 4.80. The monoisotopic (exact) mass is 195 g/mol. The zero-order chi connectivity index (χ0) is 9.10. The Labute approximate surface area is 84.1 Å². The first kappa shape index (κ1) is 9.04. The van der Waals surface area contributed by atoms with Crippen molar-refractivity contribution in [3.63, 3.8) is 0 Å². The van der Waals surface area contributed by atoms with Crippen molar-refractivity contribution in [1.29, 1.82) is 0 Å². The third-order valence-electron chi connectivity index (χ3n) is 2.65. The molecule has 1 saturated heterocycles. The van der Waals surface area contributed by atoms with Crippen LogP contribution in [0.25, 0.3) is 0 Å². The Kier molecular flexibility index (Phi) is 2.87. The van der Waals surface area contributed by atoms with Crippen molar-refractivity contribution >= 4 is 11.6 Å². The summed E-state index contributed by atoms with van der Waals surface area (Å²) in [5.41, 5.74) is 1.29. The molecule has 1 aliphatic rings. The average Bonchev–Trinajstić information content (AvgIpc) is 2.05. The van der Waals surface area contributed by atoms with Gasteiger partial charge >= 0.3 is 0 Å². The van der Waals surface area contributed by atoms with Gasteiger partial charge in [0.25, 0.3) is 0 Å². The van der Waals surface area contributed by atoms with Gasteiger partial charge in [-0.1, -0.05) is 29.8 Å². The quantitative estimate of drug-likeness (QED) is 0.782. The lowest BCUT2D eigenvalue weighted by Gasteiger charge is -2.27. The lowest BCUT2D eigenvalue weighted by atomic mass is 9.95. The van der Waals surface area contributed by atoms with Gasteiger partial charge in [-0.25, -0.2) is 0 Å². The summed E-state index contributed by atoms with van der Waals surface area (Å²) in [5.74, 6) is 0.872. The van der Waals surface area contributed by atoms with E-state index in [-0.39, 0.29) is 0 Å². The molecule has 13 heavy (non-hydrogen) atoms. The summed E-state index contributed by atoms with van der Waals surface area (Å²) in [7, 11) is 0. The molecule has 0 bridgehead atoms. The first-order valence-corrected chi connectivity index (χ1v) is 5.18. The minimum atomic E-state index is 0.872. The fraction of sp³-hybridized carbons (Fsp3) is 0.455. The molecule has 1 heterocycles. The molecule has 2 heteroatoms. The molecule has 0 aromatic heterocycles. The van der Waals surface area contributed by atoms with Gasteiger partial charge in [0.05, 0.1) is 0 Å². The Balaban J connectivity index is 1.89. The van der Waals surface area contributed by atoms with Crippen molar-refractivity contribution in [2.75, 3.05) is 13.1 Å². The third-order valence-corrected chi connectivity index (χ3v) is 3.01. The zero-order valence-electron chi connectivity index (χ0n) is 7.59. The van der Waals surface area contributed by atoms with Crippen molar-refractivity contribution in [1.82, 2.24) is 5.32 Å². The molecule has 0 atom stereocenters. The topological polar surface area (TPSA) is 12.0 Å². The van der Waals surface area contributed by atoms with Crippen LogP contribution in [0, 0.1) is 5.92 Å². The van der Waals surface area contributed by atoms with E-state index in [0.717, 1.165) is 17.4 Å². The second-order valence-corrected chi connectivity index (χ2v) is 4.06. The molecule has 1 aliphatic heterocycles. The maximum Gasteiger partial charge on any atom is 0.0437 e. The fourth-order valence-electron chi connectivity index (χ4n) is 1.61. The van der Waals surface area contributed by atoms with Crippen LogP contribution in [0.4, 0.5) is 0 Å². The zero-order valence-corrected chi connectivity index (χ0v) is 8.35. The summed E-state index contributed by atoms with van der Waals surface area (Å²) in [6.45, 7) is 2.37. The SMILES string of the molecule is Clc1ccccc1CCC1CNC1. The van der Waals surface area contributed by atoms with Gasteiger partial charge in [-0.3, -0.25) is 0 Å². The van der Waals surface area contributed by atoms with E-state index in [4.69, 9.17) is 11.6 Å². The second-order valence-electron chi connectivity index (χ2n) is 3.65. The highest BCUT2D eigenvalue weighted by atomic mass is 35.5. The van der Waals surface area contributed by atoms with E-state index >= 15 is 0 Å². The number of nitrogens with one attached hydrogen (secondary N) is 1. The molecule has 1 aromatic rings. The van der Waals surface area contributed by atoms with Crippen molar-refractivity contribution in [2.24, 2.45) is 5.92 Å². The molecule has 1 fully saturated rings. The summed E-state index contributed by atoms with van der Waals surface area (Å²) in [5, 5.41) is 4.19. The van der Waals surface area contributed by atoms with Gasteiger partial charge < -0.3 is 5.32 Å². The van der Waals surface area contributed by atoms with Crippen LogP contribution in [0.5, 0.6) is 0 Å². The van der Waals surface area contributed by atoms with E-state index in [0.29, 0.717) is 0 Å². The molecule has 1 aromatic carbocycles. The molecule has 0 spiro atoms. The molecular formula is C11H14ClN. The van der Waals surface area contributed by atoms with Gasteiger partial charge in [-0.05, 0) is 43.5 Å². The highest BCUT2D eigenvalue weighted by molar-refractivity contribution is 6.31. The predicted octanol–water partition coefficient (Wildman–Crippen LogP) is 2.49. The molecule has 0 saturated carbocycles. The summed E-state index contributed by atoms with van der Waals surface area (Å²) >= 11 is 6.05. The molecule has 1 nitrogen and oxygen atoms in total. The van der Waals surface area contributed by atoms with E-state index in [2.05, 4.69) is 17.4 Å². The molecule has 0 unspecified atom stereocenters. The lowest BCUT2D eigenvalue weighted by molar-refractivity contribution is 0.328. The van der Waals surface area contributed by atoms with Crippen molar-refractivity contribution < 1.29 is 0 Å². The van der Waals surface area contributed by atoms with Gasteiger partial charge in [0.2, 0.25) is 0 Å². The Morgan fingerprint density at radius 3 is 2.69 bits per heavy atom. The number of hydrogen-bond acceptors (Lipinski definition) is 1. The maximum atomic E-state index is 6.05. The van der Waals surface area contributed by atoms with E-state index in [1.165, 1.54) is 25.1 Å². The van der Waals surface area contributed by atoms with Crippen LogP contribution >= 0.6 is 11.6 Å². The lowest BCUT2D eigenvalue weighted by Crippen LogP contribution is -2.42. The number of benzene rings is 1. The Morgan fingerprint density at radius 2 is 2.08 bits per heavy atom. The Bertz CT molecular complexity index is 281. The number of aryl methyl sites for hydroxylation is 1. The molecule has 1 N–H and O–H groups in total. The van der Waals surface area contributed by atoms with Gasteiger partial charge in [0, 0.05) is 5.02 Å². The van der Waals surface area contributed by atoms with E-state index in [9.17, 15) is 0 Å². The smallest absolute Gasteiger partial charge is 0.0437 e.